The Kier molecular flexibility index (Phi) is 4.05. The highest BCUT2D eigenvalue weighted by Gasteiger charge is 2.18. The van der Waals surface area contributed by atoms with Gasteiger partial charge in [-0.3, -0.25) is 0 Å². The van der Waals surface area contributed by atoms with Gasteiger partial charge in [-0.15, -0.1) is 11.3 Å². The van der Waals surface area contributed by atoms with Crippen LogP contribution in [0.4, 0.5) is 5.95 Å². The third-order valence-corrected chi connectivity index (χ3v) is 4.69. The Bertz CT molecular complexity index is 590. The highest BCUT2D eigenvalue weighted by atomic mass is 32.1. The van der Waals surface area contributed by atoms with Crippen LogP contribution in [-0.4, -0.2) is 23.1 Å². The van der Waals surface area contributed by atoms with Gasteiger partial charge in [-0.1, -0.05) is 12.8 Å². The number of fused-ring (bicyclic) bond motifs is 1. The quantitative estimate of drug-likeness (QED) is 0.904. The summed E-state index contributed by atoms with van der Waals surface area (Å²) in [7, 11) is 0. The van der Waals surface area contributed by atoms with Crippen LogP contribution < -0.4 is 10.1 Å². The van der Waals surface area contributed by atoms with Crippen LogP contribution in [0.2, 0.25) is 0 Å². The third-order valence-electron chi connectivity index (χ3n) is 3.75. The van der Waals surface area contributed by atoms with Gasteiger partial charge in [0, 0.05) is 11.4 Å². The molecule has 3 rings (SSSR count). The maximum Gasteiger partial charge on any atom is 0.227 e. The van der Waals surface area contributed by atoms with Crippen molar-refractivity contribution in [1.82, 2.24) is 9.97 Å². The topological polar surface area (TPSA) is 47.0 Å². The lowest BCUT2D eigenvalue weighted by Crippen LogP contribution is -2.10. The minimum Gasteiger partial charge on any atom is -0.477 e. The summed E-state index contributed by atoms with van der Waals surface area (Å²) in [4.78, 5) is 11.3. The number of ether oxygens (including phenoxy) is 1. The van der Waals surface area contributed by atoms with Gasteiger partial charge in [-0.2, -0.15) is 4.98 Å². The first-order valence-corrected chi connectivity index (χ1v) is 8.22. The molecule has 1 aliphatic carbocycles. The van der Waals surface area contributed by atoms with Gasteiger partial charge in [0.05, 0.1) is 12.0 Å². The molecule has 1 fully saturated rings. The summed E-state index contributed by atoms with van der Waals surface area (Å²) < 4.78 is 6.02. The number of hydrogen-bond donors (Lipinski definition) is 1. The van der Waals surface area contributed by atoms with E-state index in [2.05, 4.69) is 28.3 Å². The Morgan fingerprint density at radius 2 is 2.15 bits per heavy atom. The lowest BCUT2D eigenvalue weighted by Gasteiger charge is -2.12. The fourth-order valence-electron chi connectivity index (χ4n) is 2.74. The zero-order chi connectivity index (χ0) is 13.9. The molecule has 5 heteroatoms. The second-order valence-electron chi connectivity index (χ2n) is 5.42. The molecule has 108 valence electrons. The number of aromatic nitrogens is 2. The number of rotatable bonds is 5. The molecule has 1 saturated carbocycles. The van der Waals surface area contributed by atoms with E-state index in [1.54, 1.807) is 11.3 Å². The van der Waals surface area contributed by atoms with Gasteiger partial charge < -0.3 is 10.1 Å². The summed E-state index contributed by atoms with van der Waals surface area (Å²) in [6.07, 6.45) is 5.26. The Hall–Kier alpha value is -1.36. The van der Waals surface area contributed by atoms with Crippen LogP contribution in [0.1, 0.15) is 37.5 Å². The van der Waals surface area contributed by atoms with Crippen molar-refractivity contribution in [2.45, 2.75) is 39.5 Å². The second-order valence-corrected chi connectivity index (χ2v) is 6.65. The summed E-state index contributed by atoms with van der Waals surface area (Å²) in [6, 6.07) is 2.12. The Balaban J connectivity index is 1.85. The van der Waals surface area contributed by atoms with Crippen LogP contribution in [0.3, 0.4) is 0 Å². The van der Waals surface area contributed by atoms with Crippen molar-refractivity contribution in [3.8, 4) is 5.88 Å². The first kappa shape index (κ1) is 13.6. The van der Waals surface area contributed by atoms with Gasteiger partial charge in [-0.05, 0) is 38.7 Å². The van der Waals surface area contributed by atoms with Crippen molar-refractivity contribution in [2.75, 3.05) is 18.5 Å². The third kappa shape index (κ3) is 2.87. The lowest BCUT2D eigenvalue weighted by atomic mass is 10.1. The van der Waals surface area contributed by atoms with E-state index in [4.69, 9.17) is 4.74 Å². The average Bonchev–Trinajstić information content (AvgIpc) is 3.04. The highest BCUT2D eigenvalue weighted by molar-refractivity contribution is 7.18. The number of aryl methyl sites for hydroxylation is 1. The van der Waals surface area contributed by atoms with Crippen LogP contribution in [0.5, 0.6) is 5.88 Å². The summed E-state index contributed by atoms with van der Waals surface area (Å²) in [5.41, 5.74) is 0. The molecule has 1 aliphatic rings. The summed E-state index contributed by atoms with van der Waals surface area (Å²) in [5, 5.41) is 4.23. The molecule has 4 nitrogen and oxygen atoms in total. The van der Waals surface area contributed by atoms with Gasteiger partial charge in [0.15, 0.2) is 0 Å². The molecule has 0 radical (unpaired) electrons. The number of hydrogen-bond acceptors (Lipinski definition) is 5. The van der Waals surface area contributed by atoms with Gasteiger partial charge >= 0.3 is 0 Å². The van der Waals surface area contributed by atoms with Gasteiger partial charge in [0.2, 0.25) is 11.8 Å². The fourth-order valence-corrected chi connectivity index (χ4v) is 3.61. The van der Waals surface area contributed by atoms with E-state index in [9.17, 15) is 0 Å². The van der Waals surface area contributed by atoms with Gasteiger partial charge in [-0.25, -0.2) is 4.98 Å². The van der Waals surface area contributed by atoms with Crippen LogP contribution in [0, 0.1) is 12.8 Å². The van der Waals surface area contributed by atoms with Crippen molar-refractivity contribution in [3.63, 3.8) is 0 Å². The average molecular weight is 291 g/mol. The molecule has 1 N–H and O–H groups in total. The molecular formula is C15H21N3OS. The van der Waals surface area contributed by atoms with E-state index in [0.29, 0.717) is 11.9 Å². The van der Waals surface area contributed by atoms with Crippen LogP contribution >= 0.6 is 11.3 Å². The number of thiophene rings is 1. The van der Waals surface area contributed by atoms with Crippen LogP contribution in [0.15, 0.2) is 6.07 Å². The standard InChI is InChI=1S/C15H21N3OS/c1-3-16-15-17-13(19-9-11-6-4-5-7-11)12-8-10(2)20-14(12)18-15/h8,11H,3-7,9H2,1-2H3,(H,16,17,18). The molecule has 0 aromatic carbocycles. The van der Waals surface area contributed by atoms with Crippen molar-refractivity contribution >= 4 is 27.5 Å². The molecule has 0 amide bonds. The first-order chi connectivity index (χ1) is 9.76. The predicted octanol–water partition coefficient (Wildman–Crippen LogP) is 4.00. The van der Waals surface area contributed by atoms with Crippen molar-refractivity contribution in [1.29, 1.82) is 0 Å². The number of anilines is 1. The smallest absolute Gasteiger partial charge is 0.227 e. The Morgan fingerprint density at radius 1 is 1.35 bits per heavy atom. The van der Waals surface area contributed by atoms with E-state index in [1.807, 2.05) is 6.92 Å². The number of nitrogens with zero attached hydrogens (tertiary/aromatic N) is 2. The number of nitrogens with one attached hydrogen (secondary N) is 1. The van der Waals surface area contributed by atoms with Crippen molar-refractivity contribution < 1.29 is 4.74 Å². The molecule has 20 heavy (non-hydrogen) atoms. The van der Waals surface area contributed by atoms with Crippen LogP contribution in [-0.2, 0) is 0 Å². The largest absolute Gasteiger partial charge is 0.477 e. The van der Waals surface area contributed by atoms with E-state index in [-0.39, 0.29) is 0 Å². The molecule has 2 aromatic heterocycles. The molecule has 0 bridgehead atoms. The SMILES string of the molecule is CCNc1nc(OCC2CCCC2)c2cc(C)sc2n1. The second kappa shape index (κ2) is 5.95. The molecule has 2 heterocycles. The van der Waals surface area contributed by atoms with Gasteiger partial charge in [0.25, 0.3) is 0 Å². The zero-order valence-corrected chi connectivity index (χ0v) is 12.9. The van der Waals surface area contributed by atoms with Gasteiger partial charge in [0.1, 0.15) is 4.83 Å². The predicted molar refractivity (Wildman–Crippen MR) is 83.8 cm³/mol. The normalized spacial score (nSPS) is 15.9. The molecule has 2 aromatic rings. The minimum atomic E-state index is 0.670. The molecule has 0 atom stereocenters. The molecule has 0 unspecified atom stereocenters. The molecule has 0 aliphatic heterocycles. The summed E-state index contributed by atoms with van der Waals surface area (Å²) >= 11 is 1.69. The molecule has 0 saturated heterocycles. The van der Waals surface area contributed by atoms with E-state index in [1.165, 1.54) is 30.6 Å². The van der Waals surface area contributed by atoms with E-state index >= 15 is 0 Å². The Morgan fingerprint density at radius 3 is 2.90 bits per heavy atom. The molecular weight excluding hydrogens is 270 g/mol. The lowest BCUT2D eigenvalue weighted by molar-refractivity contribution is 0.246. The Labute approximate surface area is 123 Å². The fraction of sp³-hybridized carbons (Fsp3) is 0.600. The van der Waals surface area contributed by atoms with Crippen molar-refractivity contribution in [3.05, 3.63) is 10.9 Å². The maximum absolute atomic E-state index is 6.02. The molecule has 0 spiro atoms. The van der Waals surface area contributed by atoms with Crippen molar-refractivity contribution in [2.24, 2.45) is 5.92 Å². The first-order valence-electron chi connectivity index (χ1n) is 7.41. The monoisotopic (exact) mass is 291 g/mol. The summed E-state index contributed by atoms with van der Waals surface area (Å²) in [6.45, 7) is 5.75. The zero-order valence-electron chi connectivity index (χ0n) is 12.1. The van der Waals surface area contributed by atoms with E-state index < -0.39 is 0 Å². The maximum atomic E-state index is 6.02. The van der Waals surface area contributed by atoms with E-state index in [0.717, 1.165) is 29.2 Å². The van der Waals surface area contributed by atoms with Crippen LogP contribution in [0.25, 0.3) is 10.2 Å². The summed E-state index contributed by atoms with van der Waals surface area (Å²) in [5.74, 6) is 2.10. The highest BCUT2D eigenvalue weighted by Crippen LogP contribution is 2.32. The minimum absolute atomic E-state index is 0.670.